The molecule has 7 heteroatoms. The molecule has 3 aromatic rings. The molecule has 1 fully saturated rings. The normalized spacial score (nSPS) is 13.9. The fourth-order valence-corrected chi connectivity index (χ4v) is 3.59. The third-order valence-electron chi connectivity index (χ3n) is 5.10. The van der Waals surface area contributed by atoms with Crippen molar-refractivity contribution in [3.05, 3.63) is 70.6 Å². The zero-order chi connectivity index (χ0) is 20.9. The summed E-state index contributed by atoms with van der Waals surface area (Å²) in [4.78, 5) is 36.3. The number of hydrogen-bond acceptors (Lipinski definition) is 5. The molecule has 30 heavy (non-hydrogen) atoms. The van der Waals surface area contributed by atoms with E-state index >= 15 is 0 Å². The summed E-state index contributed by atoms with van der Waals surface area (Å²) >= 11 is 0. The van der Waals surface area contributed by atoms with Crippen molar-refractivity contribution in [2.24, 2.45) is 0 Å². The van der Waals surface area contributed by atoms with Gasteiger partial charge in [-0.1, -0.05) is 25.0 Å². The van der Waals surface area contributed by atoms with Gasteiger partial charge in [-0.2, -0.15) is 0 Å². The lowest BCUT2D eigenvalue weighted by Gasteiger charge is -2.15. The molecule has 2 aromatic carbocycles. The van der Waals surface area contributed by atoms with E-state index in [9.17, 15) is 14.4 Å². The Labute approximate surface area is 173 Å². The van der Waals surface area contributed by atoms with E-state index in [1.54, 1.807) is 48.5 Å². The number of carbonyl (C=O) groups excluding carboxylic acids is 2. The van der Waals surface area contributed by atoms with Gasteiger partial charge in [0, 0.05) is 23.6 Å². The first-order valence-corrected chi connectivity index (χ1v) is 9.95. The van der Waals surface area contributed by atoms with E-state index in [1.165, 1.54) is 6.07 Å². The van der Waals surface area contributed by atoms with Crippen LogP contribution in [0.2, 0.25) is 0 Å². The summed E-state index contributed by atoms with van der Waals surface area (Å²) in [5.41, 5.74) is 0.788. The molecule has 0 atom stereocenters. The van der Waals surface area contributed by atoms with E-state index in [4.69, 9.17) is 9.15 Å². The third kappa shape index (κ3) is 4.68. The molecule has 0 aliphatic heterocycles. The monoisotopic (exact) mass is 406 g/mol. The molecule has 0 unspecified atom stereocenters. The number of ether oxygens (including phenoxy) is 1. The van der Waals surface area contributed by atoms with Crippen LogP contribution in [0.5, 0.6) is 5.75 Å². The Bertz CT molecular complexity index is 1130. The summed E-state index contributed by atoms with van der Waals surface area (Å²) in [6.07, 6.45) is 4.22. The second-order valence-electron chi connectivity index (χ2n) is 7.29. The molecule has 0 spiro atoms. The Morgan fingerprint density at radius 2 is 1.80 bits per heavy atom. The first-order valence-electron chi connectivity index (χ1n) is 9.95. The van der Waals surface area contributed by atoms with E-state index in [1.807, 2.05) is 0 Å². The van der Waals surface area contributed by atoms with Crippen LogP contribution >= 0.6 is 0 Å². The number of rotatable bonds is 6. The Balaban J connectivity index is 1.39. The molecule has 2 N–H and O–H groups in total. The van der Waals surface area contributed by atoms with Gasteiger partial charge in [-0.15, -0.1) is 0 Å². The minimum absolute atomic E-state index is 0.191. The number of benzene rings is 2. The lowest BCUT2D eigenvalue weighted by Crippen LogP contribution is -2.33. The minimum atomic E-state index is -0.454. The molecule has 1 aliphatic carbocycles. The number of hydrogen-bond donors (Lipinski definition) is 2. The SMILES string of the molecule is O=C(COc1ccc2ccc(=O)oc2c1)Nc1ccccc1C(=O)NC1CCCC1. The molecule has 4 rings (SSSR count). The highest BCUT2D eigenvalue weighted by Gasteiger charge is 2.20. The Kier molecular flexibility index (Phi) is 5.79. The molecular formula is C23H22N2O5. The van der Waals surface area contributed by atoms with Gasteiger partial charge in [0.1, 0.15) is 11.3 Å². The maximum absolute atomic E-state index is 12.6. The van der Waals surface area contributed by atoms with Gasteiger partial charge >= 0.3 is 5.63 Å². The molecular weight excluding hydrogens is 384 g/mol. The smallest absolute Gasteiger partial charge is 0.336 e. The van der Waals surface area contributed by atoms with E-state index in [0.717, 1.165) is 31.1 Å². The topological polar surface area (TPSA) is 97.6 Å². The van der Waals surface area contributed by atoms with Crippen LogP contribution in [0, 0.1) is 0 Å². The van der Waals surface area contributed by atoms with E-state index < -0.39 is 11.5 Å². The molecule has 1 heterocycles. The molecule has 0 radical (unpaired) electrons. The maximum atomic E-state index is 12.6. The van der Waals surface area contributed by atoms with Crippen LogP contribution in [-0.2, 0) is 4.79 Å². The van der Waals surface area contributed by atoms with E-state index in [2.05, 4.69) is 10.6 Å². The van der Waals surface area contributed by atoms with Crippen molar-refractivity contribution in [3.63, 3.8) is 0 Å². The number of amides is 2. The van der Waals surface area contributed by atoms with Gasteiger partial charge in [0.15, 0.2) is 6.61 Å². The van der Waals surface area contributed by atoms with Gasteiger partial charge in [0.25, 0.3) is 11.8 Å². The number of para-hydroxylation sites is 1. The maximum Gasteiger partial charge on any atom is 0.336 e. The average Bonchev–Trinajstić information content (AvgIpc) is 3.25. The largest absolute Gasteiger partial charge is 0.484 e. The Morgan fingerprint density at radius 1 is 1.03 bits per heavy atom. The predicted octanol–water partition coefficient (Wildman–Crippen LogP) is 3.48. The van der Waals surface area contributed by atoms with Gasteiger partial charge in [0.2, 0.25) is 0 Å². The molecule has 1 aliphatic rings. The number of anilines is 1. The fourth-order valence-electron chi connectivity index (χ4n) is 3.59. The molecule has 0 saturated heterocycles. The van der Waals surface area contributed by atoms with Crippen LogP contribution in [0.4, 0.5) is 5.69 Å². The van der Waals surface area contributed by atoms with Crippen molar-refractivity contribution in [2.75, 3.05) is 11.9 Å². The first kappa shape index (κ1) is 19.7. The van der Waals surface area contributed by atoms with Crippen molar-refractivity contribution >= 4 is 28.5 Å². The van der Waals surface area contributed by atoms with E-state index in [0.29, 0.717) is 22.6 Å². The molecule has 1 aromatic heterocycles. The summed E-state index contributed by atoms with van der Waals surface area (Å²) in [5.74, 6) is -0.187. The van der Waals surface area contributed by atoms with Crippen molar-refractivity contribution in [1.29, 1.82) is 0 Å². The van der Waals surface area contributed by atoms with Gasteiger partial charge in [-0.05, 0) is 43.2 Å². The van der Waals surface area contributed by atoms with Gasteiger partial charge in [0.05, 0.1) is 11.3 Å². The Hall–Kier alpha value is -3.61. The second kappa shape index (κ2) is 8.82. The second-order valence-corrected chi connectivity index (χ2v) is 7.29. The molecule has 0 bridgehead atoms. The summed E-state index contributed by atoms with van der Waals surface area (Å²) in [5, 5.41) is 6.52. The van der Waals surface area contributed by atoms with Crippen molar-refractivity contribution in [1.82, 2.24) is 5.32 Å². The van der Waals surface area contributed by atoms with Crippen molar-refractivity contribution in [3.8, 4) is 5.75 Å². The minimum Gasteiger partial charge on any atom is -0.484 e. The average molecular weight is 406 g/mol. The summed E-state index contributed by atoms with van der Waals surface area (Å²) in [6.45, 7) is -0.249. The lowest BCUT2D eigenvalue weighted by molar-refractivity contribution is -0.118. The summed E-state index contributed by atoms with van der Waals surface area (Å²) < 4.78 is 10.6. The number of nitrogens with one attached hydrogen (secondary N) is 2. The molecule has 1 saturated carbocycles. The molecule has 7 nitrogen and oxygen atoms in total. The van der Waals surface area contributed by atoms with Gasteiger partial charge in [-0.25, -0.2) is 4.79 Å². The molecule has 154 valence electrons. The van der Waals surface area contributed by atoms with Crippen LogP contribution in [0.3, 0.4) is 0 Å². The number of fused-ring (bicyclic) bond motifs is 1. The quantitative estimate of drug-likeness (QED) is 0.611. The van der Waals surface area contributed by atoms with Crippen LogP contribution in [0.25, 0.3) is 11.0 Å². The van der Waals surface area contributed by atoms with Crippen molar-refractivity contribution in [2.45, 2.75) is 31.7 Å². The van der Waals surface area contributed by atoms with Crippen LogP contribution < -0.4 is 21.0 Å². The highest BCUT2D eigenvalue weighted by Crippen LogP contribution is 2.21. The predicted molar refractivity (Wildman–Crippen MR) is 113 cm³/mol. The van der Waals surface area contributed by atoms with Crippen LogP contribution in [-0.4, -0.2) is 24.5 Å². The molecule has 2 amide bonds. The van der Waals surface area contributed by atoms with Crippen LogP contribution in [0.15, 0.2) is 63.8 Å². The highest BCUT2D eigenvalue weighted by molar-refractivity contribution is 6.04. The zero-order valence-corrected chi connectivity index (χ0v) is 16.4. The summed E-state index contributed by atoms with van der Waals surface area (Å²) in [6, 6.07) is 15.1. The third-order valence-corrected chi connectivity index (χ3v) is 5.10. The first-order chi connectivity index (χ1) is 14.6. The van der Waals surface area contributed by atoms with Crippen LogP contribution in [0.1, 0.15) is 36.0 Å². The van der Waals surface area contributed by atoms with E-state index in [-0.39, 0.29) is 18.6 Å². The van der Waals surface area contributed by atoms with Gasteiger partial charge in [-0.3, -0.25) is 9.59 Å². The standard InChI is InChI=1S/C23H22N2O5/c26-21(14-29-17-11-9-15-10-12-22(27)30-20(15)13-17)25-19-8-4-3-7-18(19)23(28)24-16-5-1-2-6-16/h3-4,7-13,16H,1-2,5-6,14H2,(H,24,28)(H,25,26). The summed E-state index contributed by atoms with van der Waals surface area (Å²) in [7, 11) is 0. The highest BCUT2D eigenvalue weighted by atomic mass is 16.5. The Morgan fingerprint density at radius 3 is 2.63 bits per heavy atom. The lowest BCUT2D eigenvalue weighted by atomic mass is 10.1. The van der Waals surface area contributed by atoms with Gasteiger partial charge < -0.3 is 19.8 Å². The fraction of sp³-hybridized carbons (Fsp3) is 0.261. The zero-order valence-electron chi connectivity index (χ0n) is 16.4. The number of carbonyl (C=O) groups is 2. The van der Waals surface area contributed by atoms with Crippen molar-refractivity contribution < 1.29 is 18.7 Å².